The molecule has 2 aliphatic carbocycles. The van der Waals surface area contributed by atoms with Crippen LogP contribution in [0.5, 0.6) is 0 Å². The van der Waals surface area contributed by atoms with E-state index in [1.807, 2.05) is 0 Å². The molecule has 2 aliphatic rings. The van der Waals surface area contributed by atoms with E-state index in [1.165, 1.54) is 19.3 Å². The van der Waals surface area contributed by atoms with Crippen molar-refractivity contribution in [2.75, 3.05) is 13.2 Å². The number of carboxylic acid groups (broad SMARTS) is 1. The van der Waals surface area contributed by atoms with Crippen LogP contribution in [0.4, 0.5) is 0 Å². The fourth-order valence-corrected chi connectivity index (χ4v) is 2.86. The second-order valence-electron chi connectivity index (χ2n) is 5.63. The van der Waals surface area contributed by atoms with Gasteiger partial charge in [-0.15, -0.1) is 0 Å². The highest BCUT2D eigenvalue weighted by atomic mass is 16.5. The minimum Gasteiger partial charge on any atom is -0.480 e. The SMILES string of the molecule is O=C(O)C1(C(=O)NCCOC2CCCCC2)CCC1. The normalized spacial score (nSPS) is 22.5. The average molecular weight is 269 g/mol. The zero-order valence-corrected chi connectivity index (χ0v) is 11.3. The Morgan fingerprint density at radius 1 is 1.16 bits per heavy atom. The second-order valence-corrected chi connectivity index (χ2v) is 5.63. The van der Waals surface area contributed by atoms with E-state index in [0.717, 1.165) is 19.3 Å². The number of rotatable bonds is 6. The van der Waals surface area contributed by atoms with Gasteiger partial charge in [0.25, 0.3) is 0 Å². The van der Waals surface area contributed by atoms with Crippen molar-refractivity contribution in [2.24, 2.45) is 5.41 Å². The first-order chi connectivity index (χ1) is 9.15. The predicted octanol–water partition coefficient (Wildman–Crippen LogP) is 1.71. The summed E-state index contributed by atoms with van der Waals surface area (Å²) in [6.45, 7) is 0.885. The molecule has 5 heteroatoms. The summed E-state index contributed by atoms with van der Waals surface area (Å²) >= 11 is 0. The van der Waals surface area contributed by atoms with E-state index in [-0.39, 0.29) is 5.91 Å². The fourth-order valence-electron chi connectivity index (χ4n) is 2.86. The maximum Gasteiger partial charge on any atom is 0.319 e. The van der Waals surface area contributed by atoms with E-state index in [2.05, 4.69) is 5.32 Å². The minimum absolute atomic E-state index is 0.322. The van der Waals surface area contributed by atoms with E-state index in [4.69, 9.17) is 9.84 Å². The first-order valence-electron chi connectivity index (χ1n) is 7.28. The molecular weight excluding hydrogens is 246 g/mol. The molecule has 2 fully saturated rings. The van der Waals surface area contributed by atoms with Crippen molar-refractivity contribution in [3.8, 4) is 0 Å². The molecule has 0 spiro atoms. The molecule has 0 unspecified atom stereocenters. The van der Waals surface area contributed by atoms with E-state index in [9.17, 15) is 9.59 Å². The molecule has 0 aromatic heterocycles. The third-order valence-electron chi connectivity index (χ3n) is 4.34. The Bertz CT molecular complexity index is 332. The second kappa shape index (κ2) is 6.37. The van der Waals surface area contributed by atoms with Crippen LogP contribution in [0, 0.1) is 5.41 Å². The first-order valence-corrected chi connectivity index (χ1v) is 7.28. The molecule has 0 aromatic rings. The monoisotopic (exact) mass is 269 g/mol. The van der Waals surface area contributed by atoms with Gasteiger partial charge in [-0.2, -0.15) is 0 Å². The van der Waals surface area contributed by atoms with Crippen LogP contribution in [0.1, 0.15) is 51.4 Å². The van der Waals surface area contributed by atoms with Gasteiger partial charge in [-0.3, -0.25) is 9.59 Å². The number of hydrogen-bond acceptors (Lipinski definition) is 3. The molecule has 2 rings (SSSR count). The molecule has 19 heavy (non-hydrogen) atoms. The van der Waals surface area contributed by atoms with Gasteiger partial charge in [0.2, 0.25) is 5.91 Å². The Labute approximate surface area is 113 Å². The van der Waals surface area contributed by atoms with Gasteiger partial charge in [-0.25, -0.2) is 0 Å². The van der Waals surface area contributed by atoms with Gasteiger partial charge in [0, 0.05) is 6.54 Å². The van der Waals surface area contributed by atoms with Gasteiger partial charge in [-0.1, -0.05) is 25.7 Å². The van der Waals surface area contributed by atoms with E-state index in [0.29, 0.717) is 32.1 Å². The van der Waals surface area contributed by atoms with Gasteiger partial charge >= 0.3 is 5.97 Å². The molecule has 0 saturated heterocycles. The third-order valence-corrected chi connectivity index (χ3v) is 4.34. The molecule has 0 radical (unpaired) electrons. The van der Waals surface area contributed by atoms with Crippen LogP contribution in [0.25, 0.3) is 0 Å². The van der Waals surface area contributed by atoms with Crippen LogP contribution in [0.3, 0.4) is 0 Å². The topological polar surface area (TPSA) is 75.6 Å². The Morgan fingerprint density at radius 2 is 1.84 bits per heavy atom. The summed E-state index contributed by atoms with van der Waals surface area (Å²) in [5, 5.41) is 11.8. The summed E-state index contributed by atoms with van der Waals surface area (Å²) in [5.74, 6) is -1.34. The van der Waals surface area contributed by atoms with Crippen molar-refractivity contribution in [1.82, 2.24) is 5.32 Å². The largest absolute Gasteiger partial charge is 0.480 e. The average Bonchev–Trinajstić information content (AvgIpc) is 2.34. The van der Waals surface area contributed by atoms with Crippen molar-refractivity contribution in [3.63, 3.8) is 0 Å². The molecule has 0 atom stereocenters. The summed E-state index contributed by atoms with van der Waals surface area (Å²) in [7, 11) is 0. The van der Waals surface area contributed by atoms with Crippen molar-refractivity contribution >= 4 is 11.9 Å². The Kier molecular flexibility index (Phi) is 4.80. The fraction of sp³-hybridized carbons (Fsp3) is 0.857. The highest BCUT2D eigenvalue weighted by molar-refractivity contribution is 6.02. The standard InChI is InChI=1S/C14H23NO4/c16-12(14(13(17)18)7-4-8-14)15-9-10-19-11-5-2-1-3-6-11/h11H,1-10H2,(H,15,16)(H,17,18). The van der Waals surface area contributed by atoms with Crippen LogP contribution >= 0.6 is 0 Å². The number of ether oxygens (including phenoxy) is 1. The lowest BCUT2D eigenvalue weighted by atomic mass is 9.68. The zero-order valence-electron chi connectivity index (χ0n) is 11.3. The lowest BCUT2D eigenvalue weighted by Crippen LogP contribution is -2.51. The van der Waals surface area contributed by atoms with Gasteiger partial charge in [-0.05, 0) is 25.7 Å². The number of carbonyl (C=O) groups excluding carboxylic acids is 1. The molecule has 0 heterocycles. The Hall–Kier alpha value is -1.10. The van der Waals surface area contributed by atoms with Gasteiger partial charge in [0.15, 0.2) is 0 Å². The molecule has 108 valence electrons. The quantitative estimate of drug-likeness (QED) is 0.568. The van der Waals surface area contributed by atoms with E-state index in [1.54, 1.807) is 0 Å². The first kappa shape index (κ1) is 14.3. The highest BCUT2D eigenvalue weighted by Gasteiger charge is 2.50. The van der Waals surface area contributed by atoms with Crippen LogP contribution in [0.15, 0.2) is 0 Å². The van der Waals surface area contributed by atoms with Gasteiger partial charge in [0.05, 0.1) is 12.7 Å². The lowest BCUT2D eigenvalue weighted by Gasteiger charge is -2.35. The minimum atomic E-state index is -1.16. The molecular formula is C14H23NO4. The summed E-state index contributed by atoms with van der Waals surface area (Å²) in [4.78, 5) is 23.0. The summed E-state index contributed by atoms with van der Waals surface area (Å²) < 4.78 is 5.70. The Balaban J connectivity index is 1.65. The predicted molar refractivity (Wildman–Crippen MR) is 69.8 cm³/mol. The molecule has 1 amide bonds. The number of hydrogen-bond donors (Lipinski definition) is 2. The number of carboxylic acids is 1. The highest BCUT2D eigenvalue weighted by Crippen LogP contribution is 2.41. The summed E-state index contributed by atoms with van der Waals surface area (Å²) in [6.07, 6.45) is 7.99. The zero-order chi connectivity index (χ0) is 13.7. The summed E-state index contributed by atoms with van der Waals surface area (Å²) in [5.41, 5.74) is -1.16. The van der Waals surface area contributed by atoms with Crippen LogP contribution in [-0.2, 0) is 14.3 Å². The molecule has 0 bridgehead atoms. The lowest BCUT2D eigenvalue weighted by molar-refractivity contribution is -0.162. The smallest absolute Gasteiger partial charge is 0.319 e. The van der Waals surface area contributed by atoms with Gasteiger partial charge in [0.1, 0.15) is 5.41 Å². The van der Waals surface area contributed by atoms with Crippen molar-refractivity contribution < 1.29 is 19.4 Å². The number of carbonyl (C=O) groups is 2. The van der Waals surface area contributed by atoms with Crippen LogP contribution < -0.4 is 5.32 Å². The third kappa shape index (κ3) is 3.26. The number of amides is 1. The van der Waals surface area contributed by atoms with Crippen LogP contribution in [-0.4, -0.2) is 36.2 Å². The van der Waals surface area contributed by atoms with Crippen molar-refractivity contribution in [1.29, 1.82) is 0 Å². The molecule has 2 saturated carbocycles. The summed E-state index contributed by atoms with van der Waals surface area (Å²) in [6, 6.07) is 0. The van der Waals surface area contributed by atoms with Gasteiger partial charge < -0.3 is 15.2 Å². The maximum absolute atomic E-state index is 11.9. The maximum atomic E-state index is 11.9. The molecule has 2 N–H and O–H groups in total. The Morgan fingerprint density at radius 3 is 2.37 bits per heavy atom. The molecule has 0 aromatic carbocycles. The van der Waals surface area contributed by atoms with E-state index < -0.39 is 11.4 Å². The van der Waals surface area contributed by atoms with Crippen molar-refractivity contribution in [2.45, 2.75) is 57.5 Å². The van der Waals surface area contributed by atoms with E-state index >= 15 is 0 Å². The van der Waals surface area contributed by atoms with Crippen molar-refractivity contribution in [3.05, 3.63) is 0 Å². The molecule has 0 aliphatic heterocycles. The van der Waals surface area contributed by atoms with Crippen LogP contribution in [0.2, 0.25) is 0 Å². The molecule has 5 nitrogen and oxygen atoms in total. The number of aliphatic carboxylic acids is 1. The number of nitrogens with one attached hydrogen (secondary N) is 1.